The molecule has 4 atom stereocenters. The highest BCUT2D eigenvalue weighted by Gasteiger charge is 2.56. The van der Waals surface area contributed by atoms with Gasteiger partial charge in [0.15, 0.2) is 0 Å². The molecule has 1 N–H and O–H groups in total. The van der Waals surface area contributed by atoms with E-state index >= 15 is 0 Å². The lowest BCUT2D eigenvalue weighted by Gasteiger charge is -2.13. The first-order valence-corrected chi connectivity index (χ1v) is 8.79. The molecule has 2 aromatic rings. The van der Waals surface area contributed by atoms with Gasteiger partial charge in [-0.2, -0.15) is 0 Å². The third-order valence-corrected chi connectivity index (χ3v) is 6.57. The van der Waals surface area contributed by atoms with Gasteiger partial charge < -0.3 is 5.11 Å². The van der Waals surface area contributed by atoms with Crippen molar-refractivity contribution in [2.45, 2.75) is 31.8 Å². The zero-order valence-electron chi connectivity index (χ0n) is 11.3. The molecule has 1 nitrogen and oxygen atoms in total. The Kier molecular flexibility index (Phi) is 3.06. The fourth-order valence-electron chi connectivity index (χ4n) is 4.01. The van der Waals surface area contributed by atoms with Crippen molar-refractivity contribution in [2.75, 3.05) is 0 Å². The fraction of sp³-hybridized carbons (Fsp3) is 0.412. The lowest BCUT2D eigenvalue weighted by Crippen LogP contribution is -2.02. The average Bonchev–Trinajstić information content (AvgIpc) is 3.09. The van der Waals surface area contributed by atoms with E-state index in [1.807, 2.05) is 0 Å². The summed E-state index contributed by atoms with van der Waals surface area (Å²) in [6.07, 6.45) is 2.10. The Morgan fingerprint density at radius 2 is 2.15 bits per heavy atom. The molecule has 0 radical (unpaired) electrons. The summed E-state index contributed by atoms with van der Waals surface area (Å²) in [5.74, 6) is 1.67. The highest BCUT2D eigenvalue weighted by Crippen LogP contribution is 2.64. The Labute approximate surface area is 131 Å². The minimum Gasteiger partial charge on any atom is -0.388 e. The Morgan fingerprint density at radius 1 is 1.35 bits per heavy atom. The summed E-state index contributed by atoms with van der Waals surface area (Å²) in [4.78, 5) is 1.24. The van der Waals surface area contributed by atoms with E-state index in [0.29, 0.717) is 17.8 Å². The molecule has 2 aliphatic carbocycles. The van der Waals surface area contributed by atoms with Crippen LogP contribution in [-0.4, -0.2) is 5.11 Å². The summed E-state index contributed by atoms with van der Waals surface area (Å²) >= 11 is 5.25. The second kappa shape index (κ2) is 4.69. The number of benzene rings is 1. The molecule has 1 heterocycles. The molecule has 0 amide bonds. The number of aliphatic hydroxyl groups excluding tert-OH is 1. The quantitative estimate of drug-likeness (QED) is 0.823. The van der Waals surface area contributed by atoms with Crippen LogP contribution in [0.2, 0.25) is 0 Å². The number of halogens is 1. The monoisotopic (exact) mass is 348 g/mol. The molecular weight excluding hydrogens is 332 g/mol. The lowest BCUT2D eigenvalue weighted by molar-refractivity contribution is 0.145. The normalized spacial score (nSPS) is 28.6. The van der Waals surface area contributed by atoms with Gasteiger partial charge in [-0.05, 0) is 76.2 Å². The van der Waals surface area contributed by atoms with Gasteiger partial charge in [-0.15, -0.1) is 11.3 Å². The van der Waals surface area contributed by atoms with Gasteiger partial charge in [-0.1, -0.05) is 24.3 Å². The number of fused-ring (bicyclic) bond motifs is 3. The number of rotatable bonds is 2. The molecule has 20 heavy (non-hydrogen) atoms. The van der Waals surface area contributed by atoms with Crippen LogP contribution < -0.4 is 0 Å². The summed E-state index contributed by atoms with van der Waals surface area (Å²) in [5, 5.41) is 10.8. The van der Waals surface area contributed by atoms with Crippen molar-refractivity contribution in [1.29, 1.82) is 0 Å². The number of aryl methyl sites for hydroxylation is 2. The highest BCUT2D eigenvalue weighted by molar-refractivity contribution is 9.11. The van der Waals surface area contributed by atoms with Gasteiger partial charge in [0.25, 0.3) is 0 Å². The van der Waals surface area contributed by atoms with Crippen LogP contribution in [0.5, 0.6) is 0 Å². The molecule has 1 aromatic heterocycles. The molecule has 0 aliphatic heterocycles. The predicted molar refractivity (Wildman–Crippen MR) is 86.2 cm³/mol. The molecule has 0 spiro atoms. The molecule has 1 aromatic carbocycles. The van der Waals surface area contributed by atoms with Crippen LogP contribution in [0.15, 0.2) is 34.1 Å². The van der Waals surface area contributed by atoms with Crippen LogP contribution in [0, 0.1) is 18.8 Å². The van der Waals surface area contributed by atoms with E-state index in [-0.39, 0.29) is 6.10 Å². The number of thiophene rings is 1. The first-order chi connectivity index (χ1) is 9.66. The van der Waals surface area contributed by atoms with E-state index in [4.69, 9.17) is 0 Å². The van der Waals surface area contributed by atoms with E-state index in [1.54, 1.807) is 11.3 Å². The standard InChI is InChI=1S/C17H17BrOS/c1-9-13(8-14(18)20-9)17(19)16-12-7-6-10-4-2-3-5-11(10)15(12)16/h2-5,8,12,15-17,19H,6-7H2,1H3. The van der Waals surface area contributed by atoms with Crippen LogP contribution in [0.25, 0.3) is 0 Å². The van der Waals surface area contributed by atoms with Gasteiger partial charge in [0.2, 0.25) is 0 Å². The van der Waals surface area contributed by atoms with E-state index < -0.39 is 0 Å². The molecule has 1 fully saturated rings. The fourth-order valence-corrected chi connectivity index (χ4v) is 5.76. The molecule has 2 aliphatic rings. The van der Waals surface area contributed by atoms with E-state index in [2.05, 4.69) is 53.2 Å². The molecule has 104 valence electrons. The zero-order chi connectivity index (χ0) is 13.9. The lowest BCUT2D eigenvalue weighted by atomic mass is 9.92. The molecule has 0 bridgehead atoms. The summed E-state index contributed by atoms with van der Waals surface area (Å²) in [6, 6.07) is 10.9. The Balaban J connectivity index is 1.65. The maximum Gasteiger partial charge on any atom is 0.0838 e. The van der Waals surface area contributed by atoms with Crippen molar-refractivity contribution >= 4 is 27.3 Å². The zero-order valence-corrected chi connectivity index (χ0v) is 13.7. The van der Waals surface area contributed by atoms with Crippen LogP contribution in [0.3, 0.4) is 0 Å². The molecule has 0 saturated heterocycles. The maximum absolute atomic E-state index is 10.8. The first-order valence-electron chi connectivity index (χ1n) is 7.18. The summed E-state index contributed by atoms with van der Waals surface area (Å²) < 4.78 is 1.12. The van der Waals surface area contributed by atoms with Gasteiger partial charge in [-0.3, -0.25) is 0 Å². The minimum atomic E-state index is -0.307. The van der Waals surface area contributed by atoms with Crippen LogP contribution in [0.4, 0.5) is 0 Å². The summed E-state index contributed by atoms with van der Waals surface area (Å²) in [6.45, 7) is 2.11. The van der Waals surface area contributed by atoms with E-state index in [9.17, 15) is 5.11 Å². The molecule has 3 heteroatoms. The molecule has 4 rings (SSSR count). The SMILES string of the molecule is Cc1sc(Br)cc1C(O)C1C2CCc3ccccc3C21. The number of hydrogen-bond donors (Lipinski definition) is 1. The van der Waals surface area contributed by atoms with Crippen molar-refractivity contribution < 1.29 is 5.11 Å². The molecule has 4 unspecified atom stereocenters. The average molecular weight is 349 g/mol. The minimum absolute atomic E-state index is 0.307. The Hall–Kier alpha value is -0.640. The number of hydrogen-bond acceptors (Lipinski definition) is 2. The van der Waals surface area contributed by atoms with Crippen molar-refractivity contribution in [1.82, 2.24) is 0 Å². The van der Waals surface area contributed by atoms with Gasteiger partial charge in [0.05, 0.1) is 9.89 Å². The van der Waals surface area contributed by atoms with E-state index in [1.165, 1.54) is 28.8 Å². The van der Waals surface area contributed by atoms with Gasteiger partial charge in [0, 0.05) is 4.88 Å². The molecular formula is C17H17BrOS. The Morgan fingerprint density at radius 3 is 2.90 bits per heavy atom. The van der Waals surface area contributed by atoms with Gasteiger partial charge in [0.1, 0.15) is 0 Å². The summed E-state index contributed by atoms with van der Waals surface area (Å²) in [5.41, 5.74) is 4.10. The Bertz CT molecular complexity index is 663. The largest absolute Gasteiger partial charge is 0.388 e. The van der Waals surface area contributed by atoms with E-state index in [0.717, 1.165) is 9.35 Å². The second-order valence-electron chi connectivity index (χ2n) is 6.01. The predicted octanol–water partition coefficient (Wildman–Crippen LogP) is 4.83. The van der Waals surface area contributed by atoms with Gasteiger partial charge in [-0.25, -0.2) is 0 Å². The molecule has 1 saturated carbocycles. The topological polar surface area (TPSA) is 20.2 Å². The van der Waals surface area contributed by atoms with Crippen molar-refractivity contribution in [3.63, 3.8) is 0 Å². The van der Waals surface area contributed by atoms with Crippen molar-refractivity contribution in [3.05, 3.63) is 55.7 Å². The second-order valence-corrected chi connectivity index (χ2v) is 8.65. The smallest absolute Gasteiger partial charge is 0.0838 e. The summed E-state index contributed by atoms with van der Waals surface area (Å²) in [7, 11) is 0. The maximum atomic E-state index is 10.8. The first kappa shape index (κ1) is 13.1. The van der Waals surface area contributed by atoms with Gasteiger partial charge >= 0.3 is 0 Å². The van der Waals surface area contributed by atoms with Crippen LogP contribution >= 0.6 is 27.3 Å². The third kappa shape index (κ3) is 1.91. The van der Waals surface area contributed by atoms with Crippen molar-refractivity contribution in [2.24, 2.45) is 11.8 Å². The van der Waals surface area contributed by atoms with Crippen molar-refractivity contribution in [3.8, 4) is 0 Å². The third-order valence-electron chi connectivity index (χ3n) is 5.00. The number of aliphatic hydroxyl groups is 1. The van der Waals surface area contributed by atoms with Crippen LogP contribution in [-0.2, 0) is 6.42 Å². The van der Waals surface area contributed by atoms with Crippen LogP contribution in [0.1, 0.15) is 40.0 Å². The highest BCUT2D eigenvalue weighted by atomic mass is 79.9.